The van der Waals surface area contributed by atoms with Crippen LogP contribution in [0.25, 0.3) is 0 Å². The van der Waals surface area contributed by atoms with E-state index >= 15 is 0 Å². The summed E-state index contributed by atoms with van der Waals surface area (Å²) in [7, 11) is 0. The first-order chi connectivity index (χ1) is 5.69. The number of allylic oxidation sites excluding steroid dienone is 4. The Balaban J connectivity index is 2.83. The molecule has 0 aromatic heterocycles. The quantitative estimate of drug-likeness (QED) is 0.544. The summed E-state index contributed by atoms with van der Waals surface area (Å²) in [5.41, 5.74) is 1.50. The molecular formula is C12H18. The van der Waals surface area contributed by atoms with Crippen LogP contribution in [-0.2, 0) is 0 Å². The SMILES string of the molecule is C=CC1C=C(C)C(C)CC1C=C. The highest BCUT2D eigenvalue weighted by atomic mass is 14.3. The van der Waals surface area contributed by atoms with Crippen molar-refractivity contribution in [3.05, 3.63) is 37.0 Å². The molecule has 0 spiro atoms. The van der Waals surface area contributed by atoms with E-state index in [9.17, 15) is 0 Å². The zero-order chi connectivity index (χ0) is 9.14. The van der Waals surface area contributed by atoms with Crippen LogP contribution in [-0.4, -0.2) is 0 Å². The molecule has 0 amide bonds. The first kappa shape index (κ1) is 9.31. The Labute approximate surface area is 75.7 Å². The predicted molar refractivity (Wildman–Crippen MR) is 54.9 cm³/mol. The molecular weight excluding hydrogens is 144 g/mol. The van der Waals surface area contributed by atoms with Crippen molar-refractivity contribution < 1.29 is 0 Å². The van der Waals surface area contributed by atoms with E-state index in [4.69, 9.17) is 0 Å². The van der Waals surface area contributed by atoms with Gasteiger partial charge in [0, 0.05) is 5.92 Å². The predicted octanol–water partition coefficient (Wildman–Crippen LogP) is 3.58. The largest absolute Gasteiger partial charge is 0.103 e. The summed E-state index contributed by atoms with van der Waals surface area (Å²) in [4.78, 5) is 0. The Morgan fingerprint density at radius 2 is 2.08 bits per heavy atom. The van der Waals surface area contributed by atoms with E-state index in [1.165, 1.54) is 12.0 Å². The Morgan fingerprint density at radius 1 is 1.42 bits per heavy atom. The fourth-order valence-corrected chi connectivity index (χ4v) is 1.84. The maximum absolute atomic E-state index is 3.86. The molecule has 12 heavy (non-hydrogen) atoms. The summed E-state index contributed by atoms with van der Waals surface area (Å²) in [5, 5.41) is 0. The van der Waals surface area contributed by atoms with Crippen LogP contribution in [0.3, 0.4) is 0 Å². The summed E-state index contributed by atoms with van der Waals surface area (Å²) in [6.07, 6.45) is 7.64. The van der Waals surface area contributed by atoms with Gasteiger partial charge >= 0.3 is 0 Å². The van der Waals surface area contributed by atoms with Crippen molar-refractivity contribution in [2.75, 3.05) is 0 Å². The number of hydrogen-bond donors (Lipinski definition) is 0. The molecule has 0 saturated carbocycles. The zero-order valence-electron chi connectivity index (χ0n) is 8.09. The molecule has 3 atom stereocenters. The van der Waals surface area contributed by atoms with Crippen molar-refractivity contribution in [3.63, 3.8) is 0 Å². The van der Waals surface area contributed by atoms with Crippen LogP contribution in [0.2, 0.25) is 0 Å². The summed E-state index contributed by atoms with van der Waals surface area (Å²) in [6, 6.07) is 0. The fourth-order valence-electron chi connectivity index (χ4n) is 1.84. The third-order valence-corrected chi connectivity index (χ3v) is 2.93. The van der Waals surface area contributed by atoms with Crippen LogP contribution in [0.15, 0.2) is 37.0 Å². The van der Waals surface area contributed by atoms with Gasteiger partial charge in [-0.15, -0.1) is 13.2 Å². The van der Waals surface area contributed by atoms with E-state index in [0.717, 1.165) is 0 Å². The Bertz CT molecular complexity index is 210. The molecule has 0 nitrogen and oxygen atoms in total. The Kier molecular flexibility index (Phi) is 2.91. The van der Waals surface area contributed by atoms with E-state index < -0.39 is 0 Å². The standard InChI is InChI=1S/C12H18/c1-5-11-7-9(3)10(4)8-12(11)6-2/h5-7,10-12H,1-2,8H2,3-4H3. The van der Waals surface area contributed by atoms with Crippen molar-refractivity contribution >= 4 is 0 Å². The van der Waals surface area contributed by atoms with Gasteiger partial charge in [0.25, 0.3) is 0 Å². The highest BCUT2D eigenvalue weighted by Crippen LogP contribution is 2.33. The monoisotopic (exact) mass is 162 g/mol. The summed E-state index contributed by atoms with van der Waals surface area (Å²) in [5.74, 6) is 1.82. The lowest BCUT2D eigenvalue weighted by Crippen LogP contribution is -2.18. The van der Waals surface area contributed by atoms with Gasteiger partial charge in [0.05, 0.1) is 0 Å². The van der Waals surface area contributed by atoms with E-state index in [-0.39, 0.29) is 0 Å². The molecule has 0 radical (unpaired) electrons. The molecule has 0 aromatic rings. The van der Waals surface area contributed by atoms with Gasteiger partial charge in [-0.2, -0.15) is 0 Å². The van der Waals surface area contributed by atoms with Gasteiger partial charge in [-0.05, 0) is 25.2 Å². The van der Waals surface area contributed by atoms with Crippen LogP contribution in [0.5, 0.6) is 0 Å². The third kappa shape index (κ3) is 1.69. The average Bonchev–Trinajstić information content (AvgIpc) is 2.09. The number of hydrogen-bond acceptors (Lipinski definition) is 0. The molecule has 3 unspecified atom stereocenters. The second-order valence-corrected chi connectivity index (χ2v) is 3.76. The van der Waals surface area contributed by atoms with Crippen molar-refractivity contribution in [3.8, 4) is 0 Å². The van der Waals surface area contributed by atoms with Gasteiger partial charge in [0.1, 0.15) is 0 Å². The fraction of sp³-hybridized carbons (Fsp3) is 0.500. The molecule has 1 rings (SSSR count). The molecule has 66 valence electrons. The highest BCUT2D eigenvalue weighted by molar-refractivity contribution is 5.16. The third-order valence-electron chi connectivity index (χ3n) is 2.93. The summed E-state index contributed by atoms with van der Waals surface area (Å²) in [6.45, 7) is 12.2. The van der Waals surface area contributed by atoms with Crippen molar-refractivity contribution in [1.29, 1.82) is 0 Å². The second kappa shape index (κ2) is 3.75. The minimum absolute atomic E-state index is 0.513. The second-order valence-electron chi connectivity index (χ2n) is 3.76. The van der Waals surface area contributed by atoms with Crippen LogP contribution < -0.4 is 0 Å². The molecule has 0 fully saturated rings. The van der Waals surface area contributed by atoms with Crippen LogP contribution in [0.1, 0.15) is 20.3 Å². The van der Waals surface area contributed by atoms with E-state index in [1.54, 1.807) is 0 Å². The minimum atomic E-state index is 0.513. The van der Waals surface area contributed by atoms with Crippen molar-refractivity contribution in [1.82, 2.24) is 0 Å². The zero-order valence-corrected chi connectivity index (χ0v) is 8.09. The molecule has 0 bridgehead atoms. The molecule has 0 aliphatic heterocycles. The van der Waals surface area contributed by atoms with Crippen molar-refractivity contribution in [2.24, 2.45) is 17.8 Å². The topological polar surface area (TPSA) is 0 Å². The average molecular weight is 162 g/mol. The van der Waals surface area contributed by atoms with Gasteiger partial charge < -0.3 is 0 Å². The molecule has 1 aliphatic rings. The van der Waals surface area contributed by atoms with Gasteiger partial charge in [-0.25, -0.2) is 0 Å². The van der Waals surface area contributed by atoms with Crippen LogP contribution in [0.4, 0.5) is 0 Å². The highest BCUT2D eigenvalue weighted by Gasteiger charge is 2.22. The Hall–Kier alpha value is -0.780. The lowest BCUT2D eigenvalue weighted by atomic mass is 9.76. The van der Waals surface area contributed by atoms with Gasteiger partial charge in [0.2, 0.25) is 0 Å². The normalized spacial score (nSPS) is 35.5. The maximum atomic E-state index is 3.86. The summed E-state index contributed by atoms with van der Waals surface area (Å²) < 4.78 is 0. The van der Waals surface area contributed by atoms with E-state index in [0.29, 0.717) is 17.8 Å². The smallest absolute Gasteiger partial charge is 0.000948 e. The van der Waals surface area contributed by atoms with Crippen LogP contribution in [0, 0.1) is 17.8 Å². The molecule has 0 aromatic carbocycles. The molecule has 1 aliphatic carbocycles. The van der Waals surface area contributed by atoms with E-state index in [2.05, 4.69) is 39.2 Å². The lowest BCUT2D eigenvalue weighted by Gasteiger charge is -2.29. The molecule has 0 N–H and O–H groups in total. The van der Waals surface area contributed by atoms with Crippen molar-refractivity contribution in [2.45, 2.75) is 20.3 Å². The van der Waals surface area contributed by atoms with Gasteiger partial charge in [-0.3, -0.25) is 0 Å². The first-order valence-electron chi connectivity index (χ1n) is 4.62. The molecule has 0 saturated heterocycles. The maximum Gasteiger partial charge on any atom is 0.000948 e. The molecule has 0 heterocycles. The summed E-state index contributed by atoms with van der Waals surface area (Å²) >= 11 is 0. The van der Waals surface area contributed by atoms with Crippen LogP contribution >= 0.6 is 0 Å². The molecule has 0 heteroatoms. The number of rotatable bonds is 2. The van der Waals surface area contributed by atoms with Gasteiger partial charge in [0.15, 0.2) is 0 Å². The lowest BCUT2D eigenvalue weighted by molar-refractivity contribution is 0.412. The first-order valence-corrected chi connectivity index (χ1v) is 4.62. The minimum Gasteiger partial charge on any atom is -0.103 e. The van der Waals surface area contributed by atoms with Gasteiger partial charge in [-0.1, -0.05) is 30.7 Å². The van der Waals surface area contributed by atoms with E-state index in [1.807, 2.05) is 6.08 Å². The Morgan fingerprint density at radius 3 is 2.58 bits per heavy atom.